The number of hydrogen-bond donors (Lipinski definition) is 1. The molecule has 0 spiro atoms. The van der Waals surface area contributed by atoms with E-state index in [4.69, 9.17) is 5.14 Å². The van der Waals surface area contributed by atoms with Gasteiger partial charge in [0.25, 0.3) is 0 Å². The minimum Gasteiger partial charge on any atom is -0.289 e. The summed E-state index contributed by atoms with van der Waals surface area (Å²) in [5.41, 5.74) is 1.29. The van der Waals surface area contributed by atoms with Gasteiger partial charge in [0.05, 0.1) is 4.90 Å². The van der Waals surface area contributed by atoms with Crippen LogP contribution in [0.25, 0.3) is 0 Å². The van der Waals surface area contributed by atoms with Gasteiger partial charge in [0.2, 0.25) is 10.0 Å². The van der Waals surface area contributed by atoms with E-state index in [0.29, 0.717) is 16.7 Å². The number of sulfonamides is 1. The summed E-state index contributed by atoms with van der Waals surface area (Å²) in [7, 11) is -3.84. The maximum absolute atomic E-state index is 12.3. The number of aryl methyl sites for hydroxylation is 1. The molecular weight excluding hydrogens is 342 g/mol. The lowest BCUT2D eigenvalue weighted by molar-refractivity contribution is 0.103. The van der Waals surface area contributed by atoms with Crippen molar-refractivity contribution in [2.24, 2.45) is 5.14 Å². The second kappa shape index (κ2) is 5.47. The number of halogens is 1. The number of carbonyl (C=O) groups excluding carboxylic acids is 1. The molecule has 0 atom stereocenters. The van der Waals surface area contributed by atoms with Crippen molar-refractivity contribution in [1.82, 2.24) is 0 Å². The highest BCUT2D eigenvalue weighted by Gasteiger charge is 2.16. The van der Waals surface area contributed by atoms with Crippen LogP contribution in [0.15, 0.2) is 51.8 Å². The Morgan fingerprint density at radius 3 is 2.15 bits per heavy atom. The van der Waals surface area contributed by atoms with Gasteiger partial charge in [0, 0.05) is 15.6 Å². The molecule has 2 N–H and O–H groups in total. The van der Waals surface area contributed by atoms with Crippen molar-refractivity contribution in [3.8, 4) is 0 Å². The molecule has 0 amide bonds. The number of carbonyl (C=O) groups is 1. The van der Waals surface area contributed by atoms with Crippen molar-refractivity contribution in [3.05, 3.63) is 63.6 Å². The summed E-state index contributed by atoms with van der Waals surface area (Å²) < 4.78 is 23.8. The molecule has 0 saturated heterocycles. The van der Waals surface area contributed by atoms with Gasteiger partial charge in [-0.05, 0) is 42.8 Å². The third-order valence-electron chi connectivity index (χ3n) is 2.86. The Morgan fingerprint density at radius 1 is 1.05 bits per heavy atom. The van der Waals surface area contributed by atoms with E-state index in [-0.39, 0.29) is 10.7 Å². The highest BCUT2D eigenvalue weighted by atomic mass is 79.9. The summed E-state index contributed by atoms with van der Waals surface area (Å²) in [5.74, 6) is -0.248. The first kappa shape index (κ1) is 14.9. The van der Waals surface area contributed by atoms with Gasteiger partial charge >= 0.3 is 0 Å². The molecule has 2 aromatic rings. The highest BCUT2D eigenvalue weighted by molar-refractivity contribution is 9.10. The molecule has 4 nitrogen and oxygen atoms in total. The molecular formula is C14H12BrNO3S. The zero-order valence-corrected chi connectivity index (χ0v) is 13.0. The van der Waals surface area contributed by atoms with Crippen molar-refractivity contribution >= 4 is 31.7 Å². The SMILES string of the molecule is Cc1ccc(C(=O)c2ccc(Br)cc2)cc1S(N)(=O)=O. The quantitative estimate of drug-likeness (QED) is 0.861. The molecule has 0 aliphatic rings. The minimum absolute atomic E-state index is 0.0274. The lowest BCUT2D eigenvalue weighted by Gasteiger charge is -2.07. The van der Waals surface area contributed by atoms with Gasteiger partial charge in [-0.1, -0.05) is 28.1 Å². The van der Waals surface area contributed by atoms with Crippen LogP contribution in [-0.4, -0.2) is 14.2 Å². The van der Waals surface area contributed by atoms with Crippen molar-refractivity contribution < 1.29 is 13.2 Å². The van der Waals surface area contributed by atoms with Gasteiger partial charge in [-0.15, -0.1) is 0 Å². The van der Waals surface area contributed by atoms with Crippen molar-refractivity contribution in [3.63, 3.8) is 0 Å². The predicted octanol–water partition coefficient (Wildman–Crippen LogP) is 2.64. The van der Waals surface area contributed by atoms with E-state index in [1.54, 1.807) is 43.3 Å². The monoisotopic (exact) mass is 353 g/mol. The zero-order chi connectivity index (χ0) is 14.9. The fraction of sp³-hybridized carbons (Fsp3) is 0.0714. The van der Waals surface area contributed by atoms with Crippen molar-refractivity contribution in [1.29, 1.82) is 0 Å². The first-order chi connectivity index (χ1) is 9.29. The third-order valence-corrected chi connectivity index (χ3v) is 4.44. The number of nitrogens with two attached hydrogens (primary N) is 1. The smallest absolute Gasteiger partial charge is 0.238 e. The maximum atomic E-state index is 12.3. The predicted molar refractivity (Wildman–Crippen MR) is 80.1 cm³/mol. The summed E-state index contributed by atoms with van der Waals surface area (Å²) in [6, 6.07) is 11.3. The van der Waals surface area contributed by atoms with Gasteiger partial charge in [0.15, 0.2) is 5.78 Å². The van der Waals surface area contributed by atoms with Crippen LogP contribution in [0.3, 0.4) is 0 Å². The van der Waals surface area contributed by atoms with E-state index >= 15 is 0 Å². The van der Waals surface area contributed by atoms with E-state index in [9.17, 15) is 13.2 Å². The second-order valence-corrected chi connectivity index (χ2v) is 6.81. The fourth-order valence-corrected chi connectivity index (χ4v) is 2.89. The third kappa shape index (κ3) is 3.15. The van der Waals surface area contributed by atoms with E-state index < -0.39 is 10.0 Å². The average molecular weight is 354 g/mol. The second-order valence-electron chi connectivity index (χ2n) is 4.36. The number of rotatable bonds is 3. The lowest BCUT2D eigenvalue weighted by atomic mass is 10.0. The molecule has 0 saturated carbocycles. The number of ketones is 1. The molecule has 104 valence electrons. The molecule has 0 fully saturated rings. The molecule has 2 aromatic carbocycles. The van der Waals surface area contributed by atoms with Gasteiger partial charge < -0.3 is 0 Å². The standard InChI is InChI=1S/C14H12BrNO3S/c1-9-2-3-11(8-13(9)20(16,18)19)14(17)10-4-6-12(15)7-5-10/h2-8H,1H3,(H2,16,18,19). The average Bonchev–Trinajstić information content (AvgIpc) is 2.38. The molecule has 6 heteroatoms. The molecule has 0 aliphatic carbocycles. The normalized spacial score (nSPS) is 11.3. The van der Waals surface area contributed by atoms with Crippen LogP contribution >= 0.6 is 15.9 Å². The lowest BCUT2D eigenvalue weighted by Crippen LogP contribution is -2.15. The number of benzene rings is 2. The Labute approximate surface area is 125 Å². The number of hydrogen-bond acceptors (Lipinski definition) is 3. The Hall–Kier alpha value is -1.50. The Bertz CT molecular complexity index is 768. The van der Waals surface area contributed by atoms with E-state index in [1.165, 1.54) is 6.07 Å². The van der Waals surface area contributed by atoms with E-state index in [0.717, 1.165) is 4.47 Å². The van der Waals surface area contributed by atoms with Crippen LogP contribution in [-0.2, 0) is 10.0 Å². The first-order valence-electron chi connectivity index (χ1n) is 5.73. The maximum Gasteiger partial charge on any atom is 0.238 e. The van der Waals surface area contributed by atoms with Crippen LogP contribution in [0, 0.1) is 6.92 Å². The van der Waals surface area contributed by atoms with E-state index in [2.05, 4.69) is 15.9 Å². The van der Waals surface area contributed by atoms with Crippen LogP contribution in [0.2, 0.25) is 0 Å². The van der Waals surface area contributed by atoms with Crippen LogP contribution in [0.5, 0.6) is 0 Å². The Morgan fingerprint density at radius 2 is 1.60 bits per heavy atom. The first-order valence-corrected chi connectivity index (χ1v) is 8.06. The molecule has 20 heavy (non-hydrogen) atoms. The fourth-order valence-electron chi connectivity index (χ4n) is 1.82. The number of primary sulfonamides is 1. The Balaban J connectivity index is 2.49. The van der Waals surface area contributed by atoms with Gasteiger partial charge in [-0.3, -0.25) is 4.79 Å². The van der Waals surface area contributed by atoms with Gasteiger partial charge in [0.1, 0.15) is 0 Å². The zero-order valence-electron chi connectivity index (χ0n) is 10.6. The van der Waals surface area contributed by atoms with Gasteiger partial charge in [-0.2, -0.15) is 0 Å². The van der Waals surface area contributed by atoms with Crippen LogP contribution in [0.4, 0.5) is 0 Å². The topological polar surface area (TPSA) is 77.2 Å². The molecule has 0 heterocycles. The summed E-state index contributed by atoms with van der Waals surface area (Å²) in [6.07, 6.45) is 0. The largest absolute Gasteiger partial charge is 0.289 e. The summed E-state index contributed by atoms with van der Waals surface area (Å²) in [5, 5.41) is 5.14. The molecule has 0 aliphatic heterocycles. The van der Waals surface area contributed by atoms with E-state index in [1.807, 2.05) is 0 Å². The molecule has 0 radical (unpaired) electrons. The van der Waals surface area contributed by atoms with Crippen LogP contribution < -0.4 is 5.14 Å². The van der Waals surface area contributed by atoms with Crippen molar-refractivity contribution in [2.45, 2.75) is 11.8 Å². The highest BCUT2D eigenvalue weighted by Crippen LogP contribution is 2.19. The summed E-state index contributed by atoms with van der Waals surface area (Å²) in [6.45, 7) is 1.63. The summed E-state index contributed by atoms with van der Waals surface area (Å²) in [4.78, 5) is 12.3. The molecule has 2 rings (SSSR count). The Kier molecular flexibility index (Phi) is 4.08. The minimum atomic E-state index is -3.84. The summed E-state index contributed by atoms with van der Waals surface area (Å²) >= 11 is 3.29. The van der Waals surface area contributed by atoms with Crippen molar-refractivity contribution in [2.75, 3.05) is 0 Å². The van der Waals surface area contributed by atoms with Crippen LogP contribution in [0.1, 0.15) is 21.5 Å². The van der Waals surface area contributed by atoms with Gasteiger partial charge in [-0.25, -0.2) is 13.6 Å². The molecule has 0 aromatic heterocycles. The molecule has 0 bridgehead atoms. The molecule has 0 unspecified atom stereocenters.